The minimum absolute atomic E-state index is 0.0371. The summed E-state index contributed by atoms with van der Waals surface area (Å²) in [6.45, 7) is 4.33. The molecule has 0 atom stereocenters. The minimum Gasteiger partial charge on any atom is -0.441 e. The molecule has 5 heteroatoms. The standard InChI is InChI=1S/C20H18N2O2S/c1-4-15-7-6-8-17(11-15)22(5-2)19(23)12-18-14(3)24-20(21-18)16-9-10-25-13-16/h1,6-11,13H,5,12H2,2-3H3. The highest BCUT2D eigenvalue weighted by Crippen LogP contribution is 2.25. The molecule has 0 fully saturated rings. The number of aryl methyl sites for hydroxylation is 1. The summed E-state index contributed by atoms with van der Waals surface area (Å²) >= 11 is 1.58. The number of amides is 1. The molecule has 0 radical (unpaired) electrons. The first-order valence-corrected chi connectivity index (χ1v) is 8.92. The summed E-state index contributed by atoms with van der Waals surface area (Å²) in [7, 11) is 0. The fourth-order valence-corrected chi connectivity index (χ4v) is 3.24. The highest BCUT2D eigenvalue weighted by molar-refractivity contribution is 7.08. The maximum absolute atomic E-state index is 12.8. The number of terminal acetylenes is 1. The molecule has 4 nitrogen and oxygen atoms in total. The molecular weight excluding hydrogens is 332 g/mol. The van der Waals surface area contributed by atoms with Gasteiger partial charge in [-0.25, -0.2) is 4.98 Å². The van der Waals surface area contributed by atoms with Crippen LogP contribution in [0.4, 0.5) is 5.69 Å². The third-order valence-electron chi connectivity index (χ3n) is 3.92. The first-order valence-electron chi connectivity index (χ1n) is 7.98. The molecule has 3 rings (SSSR count). The average molecular weight is 350 g/mol. The highest BCUT2D eigenvalue weighted by Gasteiger charge is 2.19. The lowest BCUT2D eigenvalue weighted by Crippen LogP contribution is -2.32. The van der Waals surface area contributed by atoms with Crippen LogP contribution in [0.2, 0.25) is 0 Å². The largest absolute Gasteiger partial charge is 0.441 e. The quantitative estimate of drug-likeness (QED) is 0.645. The van der Waals surface area contributed by atoms with Crippen molar-refractivity contribution in [3.05, 3.63) is 58.1 Å². The SMILES string of the molecule is C#Cc1cccc(N(CC)C(=O)Cc2nc(-c3ccsc3)oc2C)c1. The molecule has 2 heterocycles. The average Bonchev–Trinajstić information content (AvgIpc) is 3.26. The number of benzene rings is 1. The molecule has 0 bridgehead atoms. The number of likely N-dealkylation sites (N-methyl/N-ethyl adjacent to an activating group) is 1. The predicted octanol–water partition coefficient (Wildman–Crippen LogP) is 4.29. The minimum atomic E-state index is -0.0371. The second kappa shape index (κ2) is 7.37. The van der Waals surface area contributed by atoms with Crippen molar-refractivity contribution in [1.29, 1.82) is 0 Å². The van der Waals surface area contributed by atoms with Crippen LogP contribution in [-0.4, -0.2) is 17.4 Å². The first-order chi connectivity index (χ1) is 12.1. The zero-order valence-corrected chi connectivity index (χ0v) is 15.0. The molecule has 0 saturated heterocycles. The van der Waals surface area contributed by atoms with E-state index in [0.717, 1.165) is 16.8 Å². The monoisotopic (exact) mass is 350 g/mol. The Morgan fingerprint density at radius 3 is 2.92 bits per heavy atom. The lowest BCUT2D eigenvalue weighted by Gasteiger charge is -2.21. The Morgan fingerprint density at radius 2 is 2.24 bits per heavy atom. The van der Waals surface area contributed by atoms with Crippen molar-refractivity contribution in [2.24, 2.45) is 0 Å². The summed E-state index contributed by atoms with van der Waals surface area (Å²) < 4.78 is 5.71. The van der Waals surface area contributed by atoms with Gasteiger partial charge < -0.3 is 9.32 Å². The van der Waals surface area contributed by atoms with Crippen molar-refractivity contribution in [2.75, 3.05) is 11.4 Å². The summed E-state index contributed by atoms with van der Waals surface area (Å²) in [4.78, 5) is 19.0. The Labute approximate surface area is 151 Å². The van der Waals surface area contributed by atoms with Crippen LogP contribution in [0, 0.1) is 19.3 Å². The number of carbonyl (C=O) groups excluding carboxylic acids is 1. The molecule has 0 spiro atoms. The van der Waals surface area contributed by atoms with Gasteiger partial charge >= 0.3 is 0 Å². The van der Waals surface area contributed by atoms with Gasteiger partial charge in [-0.3, -0.25) is 4.79 Å². The number of thiophene rings is 1. The number of rotatable bonds is 5. The van der Waals surface area contributed by atoms with Crippen LogP contribution in [0.3, 0.4) is 0 Å². The summed E-state index contributed by atoms with van der Waals surface area (Å²) in [6.07, 6.45) is 5.64. The van der Waals surface area contributed by atoms with Crippen LogP contribution < -0.4 is 4.90 Å². The van der Waals surface area contributed by atoms with E-state index in [2.05, 4.69) is 10.9 Å². The van der Waals surface area contributed by atoms with Gasteiger partial charge in [0.2, 0.25) is 11.8 Å². The maximum atomic E-state index is 12.8. The fourth-order valence-electron chi connectivity index (χ4n) is 2.61. The molecular formula is C20H18N2O2S. The van der Waals surface area contributed by atoms with Crippen LogP contribution in [0.5, 0.6) is 0 Å². The molecule has 0 saturated carbocycles. The lowest BCUT2D eigenvalue weighted by atomic mass is 10.1. The number of anilines is 1. The van der Waals surface area contributed by atoms with E-state index in [9.17, 15) is 4.79 Å². The topological polar surface area (TPSA) is 46.3 Å². The van der Waals surface area contributed by atoms with Gasteiger partial charge in [0.15, 0.2) is 0 Å². The smallest absolute Gasteiger partial charge is 0.233 e. The molecule has 25 heavy (non-hydrogen) atoms. The molecule has 2 aromatic heterocycles. The van der Waals surface area contributed by atoms with Crippen molar-refractivity contribution in [3.63, 3.8) is 0 Å². The van der Waals surface area contributed by atoms with Crippen molar-refractivity contribution in [2.45, 2.75) is 20.3 Å². The van der Waals surface area contributed by atoms with Crippen LogP contribution >= 0.6 is 11.3 Å². The number of nitrogens with zero attached hydrogens (tertiary/aromatic N) is 2. The van der Waals surface area contributed by atoms with Crippen LogP contribution in [0.15, 0.2) is 45.5 Å². The van der Waals surface area contributed by atoms with Gasteiger partial charge in [0.25, 0.3) is 0 Å². The van der Waals surface area contributed by atoms with E-state index < -0.39 is 0 Å². The predicted molar refractivity (Wildman–Crippen MR) is 101 cm³/mol. The van der Waals surface area contributed by atoms with E-state index in [-0.39, 0.29) is 12.3 Å². The van der Waals surface area contributed by atoms with Gasteiger partial charge in [0, 0.05) is 28.7 Å². The number of carbonyl (C=O) groups is 1. The Morgan fingerprint density at radius 1 is 1.40 bits per heavy atom. The van der Waals surface area contributed by atoms with Crippen LogP contribution in [0.1, 0.15) is 23.9 Å². The fraction of sp³-hybridized carbons (Fsp3) is 0.200. The van der Waals surface area contributed by atoms with E-state index in [4.69, 9.17) is 10.8 Å². The number of hydrogen-bond donors (Lipinski definition) is 0. The summed E-state index contributed by atoms with van der Waals surface area (Å²) in [5, 5.41) is 3.94. The van der Waals surface area contributed by atoms with Gasteiger partial charge in [-0.15, -0.1) is 6.42 Å². The second-order valence-corrected chi connectivity index (χ2v) is 6.32. The van der Waals surface area contributed by atoms with Gasteiger partial charge in [0.05, 0.1) is 12.1 Å². The van der Waals surface area contributed by atoms with E-state index in [0.29, 0.717) is 23.9 Å². The molecule has 0 aliphatic carbocycles. The van der Waals surface area contributed by atoms with Gasteiger partial charge in [-0.1, -0.05) is 12.0 Å². The third kappa shape index (κ3) is 3.65. The van der Waals surface area contributed by atoms with Crippen molar-refractivity contribution in [1.82, 2.24) is 4.98 Å². The molecule has 0 aliphatic heterocycles. The lowest BCUT2D eigenvalue weighted by molar-refractivity contribution is -0.118. The molecule has 126 valence electrons. The maximum Gasteiger partial charge on any atom is 0.233 e. The van der Waals surface area contributed by atoms with Crippen molar-refractivity contribution >= 4 is 22.9 Å². The summed E-state index contributed by atoms with van der Waals surface area (Å²) in [5.41, 5.74) is 3.14. The Balaban J connectivity index is 1.82. The van der Waals surface area contributed by atoms with Gasteiger partial charge in [-0.05, 0) is 43.5 Å². The van der Waals surface area contributed by atoms with Crippen molar-refractivity contribution < 1.29 is 9.21 Å². The molecule has 1 amide bonds. The first kappa shape index (κ1) is 17.0. The zero-order chi connectivity index (χ0) is 17.8. The van der Waals surface area contributed by atoms with E-state index >= 15 is 0 Å². The molecule has 0 aliphatic rings. The summed E-state index contributed by atoms with van der Waals surface area (Å²) in [6, 6.07) is 9.38. The van der Waals surface area contributed by atoms with E-state index in [1.54, 1.807) is 16.2 Å². The Bertz CT molecular complexity index is 920. The molecule has 1 aromatic carbocycles. The highest BCUT2D eigenvalue weighted by atomic mass is 32.1. The van der Waals surface area contributed by atoms with Gasteiger partial charge in [0.1, 0.15) is 5.76 Å². The molecule has 0 unspecified atom stereocenters. The number of oxazole rings is 1. The second-order valence-electron chi connectivity index (χ2n) is 5.54. The zero-order valence-electron chi connectivity index (χ0n) is 14.2. The Hall–Kier alpha value is -2.84. The number of aromatic nitrogens is 1. The van der Waals surface area contributed by atoms with Crippen LogP contribution in [0.25, 0.3) is 11.5 Å². The number of hydrogen-bond acceptors (Lipinski definition) is 4. The van der Waals surface area contributed by atoms with Crippen molar-refractivity contribution in [3.8, 4) is 23.8 Å². The molecule has 3 aromatic rings. The van der Waals surface area contributed by atoms with Crippen LogP contribution in [-0.2, 0) is 11.2 Å². The normalized spacial score (nSPS) is 10.4. The third-order valence-corrected chi connectivity index (χ3v) is 4.60. The van der Waals surface area contributed by atoms with E-state index in [1.807, 2.05) is 54.9 Å². The summed E-state index contributed by atoms with van der Waals surface area (Å²) in [5.74, 6) is 3.79. The van der Waals surface area contributed by atoms with Gasteiger partial charge in [-0.2, -0.15) is 11.3 Å². The molecule has 0 N–H and O–H groups in total. The Kier molecular flexibility index (Phi) is 5.01. The van der Waals surface area contributed by atoms with E-state index in [1.165, 1.54) is 0 Å².